The Morgan fingerprint density at radius 3 is 2.84 bits per heavy atom. The van der Waals surface area contributed by atoms with Crippen LogP contribution in [0.3, 0.4) is 0 Å². The normalized spacial score (nSPS) is 22.7. The predicted molar refractivity (Wildman–Crippen MR) is 92.3 cm³/mol. The minimum Gasteiger partial charge on any atom is -0.379 e. The van der Waals surface area contributed by atoms with Crippen LogP contribution in [0.2, 0.25) is 0 Å². The van der Waals surface area contributed by atoms with Crippen LogP contribution in [0, 0.1) is 11.3 Å². The van der Waals surface area contributed by atoms with Crippen LogP contribution < -0.4 is 4.90 Å². The summed E-state index contributed by atoms with van der Waals surface area (Å²) < 4.78 is 7.41. The van der Waals surface area contributed by atoms with Gasteiger partial charge in [-0.3, -0.25) is 4.68 Å². The summed E-state index contributed by atoms with van der Waals surface area (Å²) in [7, 11) is 3.59. The molecule has 25 heavy (non-hydrogen) atoms. The van der Waals surface area contributed by atoms with Crippen LogP contribution in [-0.4, -0.2) is 46.3 Å². The lowest BCUT2D eigenvalue weighted by Gasteiger charge is -2.22. The van der Waals surface area contributed by atoms with Crippen molar-refractivity contribution in [3.63, 3.8) is 0 Å². The van der Waals surface area contributed by atoms with Crippen LogP contribution in [0.25, 0.3) is 0 Å². The first-order valence-corrected chi connectivity index (χ1v) is 8.76. The molecule has 3 heterocycles. The Bertz CT molecular complexity index is 823. The number of nitrogens with zero attached hydrogens (tertiary/aromatic N) is 6. The number of aryl methyl sites for hydroxylation is 3. The lowest BCUT2D eigenvalue weighted by atomic mass is 9.95. The third-order valence-electron chi connectivity index (χ3n) is 5.27. The molecule has 0 unspecified atom stereocenters. The Balaban J connectivity index is 1.67. The highest BCUT2D eigenvalue weighted by atomic mass is 16.5. The van der Waals surface area contributed by atoms with E-state index in [0.29, 0.717) is 12.1 Å². The second-order valence-corrected chi connectivity index (χ2v) is 6.89. The van der Waals surface area contributed by atoms with E-state index in [9.17, 15) is 5.26 Å². The number of hydrogen-bond donors (Lipinski definition) is 0. The summed E-state index contributed by atoms with van der Waals surface area (Å²) in [6.07, 6.45) is 6.34. The molecule has 0 aromatic carbocycles. The maximum absolute atomic E-state index is 9.62. The topological polar surface area (TPSA) is 79.9 Å². The molecular weight excluding hydrogens is 316 g/mol. The zero-order chi connectivity index (χ0) is 17.4. The number of rotatable bonds is 3. The number of aromatic nitrogens is 4. The predicted octanol–water partition coefficient (Wildman–Crippen LogP) is 1.58. The maximum atomic E-state index is 9.62. The standard InChI is InChI=1S/C18H22N6O/c1-23-10-16(21-22-23)14-9-24(11-17(14)25-2)18-13(8-19)7-12-5-3-4-6-15(12)20-18/h7,10,14,17H,3-6,9,11H2,1-2H3/t14-,17+/m0/s1. The number of anilines is 1. The number of pyridine rings is 1. The van der Waals surface area contributed by atoms with Gasteiger partial charge in [0, 0.05) is 39.1 Å². The van der Waals surface area contributed by atoms with E-state index in [0.717, 1.165) is 36.6 Å². The number of ether oxygens (including phenoxy) is 1. The van der Waals surface area contributed by atoms with Crippen LogP contribution in [0.4, 0.5) is 5.82 Å². The molecule has 0 N–H and O–H groups in total. The van der Waals surface area contributed by atoms with Gasteiger partial charge in [0.1, 0.15) is 11.9 Å². The molecule has 0 saturated carbocycles. The second-order valence-electron chi connectivity index (χ2n) is 6.89. The van der Waals surface area contributed by atoms with Crippen molar-refractivity contribution in [2.45, 2.75) is 37.7 Å². The van der Waals surface area contributed by atoms with E-state index in [4.69, 9.17) is 9.72 Å². The van der Waals surface area contributed by atoms with E-state index < -0.39 is 0 Å². The van der Waals surface area contributed by atoms with Gasteiger partial charge in [0.2, 0.25) is 0 Å². The Morgan fingerprint density at radius 1 is 1.28 bits per heavy atom. The van der Waals surface area contributed by atoms with Gasteiger partial charge in [-0.05, 0) is 37.3 Å². The van der Waals surface area contributed by atoms with Crippen LogP contribution in [0.15, 0.2) is 12.3 Å². The molecular formula is C18H22N6O. The Hall–Kier alpha value is -2.46. The fraction of sp³-hybridized carbons (Fsp3) is 0.556. The van der Waals surface area contributed by atoms with Gasteiger partial charge in [0.05, 0.1) is 23.3 Å². The Labute approximate surface area is 147 Å². The average molecular weight is 338 g/mol. The van der Waals surface area contributed by atoms with Crippen molar-refractivity contribution in [3.05, 3.63) is 34.8 Å². The van der Waals surface area contributed by atoms with Gasteiger partial charge in [-0.2, -0.15) is 5.26 Å². The summed E-state index contributed by atoms with van der Waals surface area (Å²) >= 11 is 0. The van der Waals surface area contributed by atoms with Crippen LogP contribution >= 0.6 is 0 Å². The SMILES string of the molecule is CO[C@@H]1CN(c2nc3c(cc2C#N)CCCC3)C[C@H]1c1cn(C)nn1. The number of hydrogen-bond acceptors (Lipinski definition) is 6. The molecule has 2 aromatic rings. The number of nitriles is 1. The van der Waals surface area contributed by atoms with Crippen molar-refractivity contribution in [1.82, 2.24) is 20.0 Å². The minimum atomic E-state index is 0.0149. The molecule has 1 saturated heterocycles. The molecule has 130 valence electrons. The molecule has 0 amide bonds. The van der Waals surface area contributed by atoms with Gasteiger partial charge in [-0.25, -0.2) is 4.98 Å². The summed E-state index contributed by atoms with van der Waals surface area (Å²) in [4.78, 5) is 7.04. The maximum Gasteiger partial charge on any atom is 0.146 e. The average Bonchev–Trinajstić information content (AvgIpc) is 3.26. The van der Waals surface area contributed by atoms with E-state index in [1.807, 2.05) is 19.3 Å². The summed E-state index contributed by atoms with van der Waals surface area (Å²) in [6.45, 7) is 1.44. The zero-order valence-corrected chi connectivity index (χ0v) is 14.6. The molecule has 1 aliphatic heterocycles. The van der Waals surface area contributed by atoms with Crippen LogP contribution in [0.5, 0.6) is 0 Å². The molecule has 2 atom stereocenters. The van der Waals surface area contributed by atoms with Gasteiger partial charge in [0.15, 0.2) is 0 Å². The van der Waals surface area contributed by atoms with Crippen molar-refractivity contribution in [2.75, 3.05) is 25.1 Å². The Morgan fingerprint density at radius 2 is 2.12 bits per heavy atom. The fourth-order valence-electron chi connectivity index (χ4n) is 3.95. The number of methoxy groups -OCH3 is 1. The molecule has 0 bridgehead atoms. The molecule has 2 aliphatic rings. The van der Waals surface area contributed by atoms with Gasteiger partial charge in [-0.1, -0.05) is 5.21 Å². The van der Waals surface area contributed by atoms with Gasteiger partial charge in [-0.15, -0.1) is 5.10 Å². The van der Waals surface area contributed by atoms with Gasteiger partial charge in [0.25, 0.3) is 0 Å². The van der Waals surface area contributed by atoms with Crippen molar-refractivity contribution in [2.24, 2.45) is 7.05 Å². The zero-order valence-electron chi connectivity index (χ0n) is 14.6. The summed E-state index contributed by atoms with van der Waals surface area (Å²) in [5, 5.41) is 17.9. The molecule has 2 aromatic heterocycles. The molecule has 1 aliphatic carbocycles. The van der Waals surface area contributed by atoms with Crippen molar-refractivity contribution < 1.29 is 4.74 Å². The molecule has 0 radical (unpaired) electrons. The molecule has 4 rings (SSSR count). The first-order valence-electron chi connectivity index (χ1n) is 8.76. The lowest BCUT2D eigenvalue weighted by Crippen LogP contribution is -2.25. The van der Waals surface area contributed by atoms with Gasteiger partial charge < -0.3 is 9.64 Å². The van der Waals surface area contributed by atoms with Crippen molar-refractivity contribution >= 4 is 5.82 Å². The Kier molecular flexibility index (Phi) is 4.14. The van der Waals surface area contributed by atoms with Crippen LogP contribution in [0.1, 0.15) is 41.3 Å². The van der Waals surface area contributed by atoms with E-state index in [2.05, 4.69) is 21.3 Å². The highest BCUT2D eigenvalue weighted by Crippen LogP contribution is 2.34. The smallest absolute Gasteiger partial charge is 0.146 e. The van der Waals surface area contributed by atoms with E-state index in [1.54, 1.807) is 11.8 Å². The van der Waals surface area contributed by atoms with E-state index in [1.165, 1.54) is 18.4 Å². The summed E-state index contributed by atoms with van der Waals surface area (Å²) in [5.41, 5.74) is 3.97. The highest BCUT2D eigenvalue weighted by molar-refractivity contribution is 5.57. The third-order valence-corrected chi connectivity index (χ3v) is 5.27. The van der Waals surface area contributed by atoms with Crippen molar-refractivity contribution in [1.29, 1.82) is 5.26 Å². The summed E-state index contributed by atoms with van der Waals surface area (Å²) in [5.74, 6) is 0.916. The molecule has 7 nitrogen and oxygen atoms in total. The number of fused-ring (bicyclic) bond motifs is 1. The van der Waals surface area contributed by atoms with E-state index >= 15 is 0 Å². The van der Waals surface area contributed by atoms with E-state index in [-0.39, 0.29) is 12.0 Å². The van der Waals surface area contributed by atoms with Crippen molar-refractivity contribution in [3.8, 4) is 6.07 Å². The first kappa shape index (κ1) is 16.0. The monoisotopic (exact) mass is 338 g/mol. The second kappa shape index (κ2) is 6.45. The molecule has 0 spiro atoms. The largest absolute Gasteiger partial charge is 0.379 e. The summed E-state index contributed by atoms with van der Waals surface area (Å²) in [6, 6.07) is 4.37. The lowest BCUT2D eigenvalue weighted by molar-refractivity contribution is 0.105. The minimum absolute atomic E-state index is 0.0149. The molecule has 7 heteroatoms. The molecule has 1 fully saturated rings. The first-order chi connectivity index (χ1) is 12.2. The highest BCUT2D eigenvalue weighted by Gasteiger charge is 2.37. The third kappa shape index (κ3) is 2.87. The van der Waals surface area contributed by atoms with Crippen LogP contribution in [-0.2, 0) is 24.6 Å². The fourth-order valence-corrected chi connectivity index (χ4v) is 3.95. The van der Waals surface area contributed by atoms with Gasteiger partial charge >= 0.3 is 0 Å². The quantitative estimate of drug-likeness (QED) is 0.845.